The Morgan fingerprint density at radius 3 is 2.76 bits per heavy atom. The minimum atomic E-state index is -1.43. The van der Waals surface area contributed by atoms with E-state index in [-0.39, 0.29) is 23.7 Å². The zero-order chi connectivity index (χ0) is 18.4. The van der Waals surface area contributed by atoms with Crippen molar-refractivity contribution in [2.45, 2.75) is 18.0 Å². The van der Waals surface area contributed by atoms with Crippen LogP contribution in [0.5, 0.6) is 0 Å². The Morgan fingerprint density at radius 2 is 2.28 bits per heavy atom. The highest BCUT2D eigenvalue weighted by Gasteiger charge is 2.70. The lowest BCUT2D eigenvalue weighted by molar-refractivity contribution is -0.192. The number of aliphatic carboxylic acids is 1. The highest BCUT2D eigenvalue weighted by Crippen LogP contribution is 2.51. The molecule has 2 aliphatic rings. The minimum absolute atomic E-state index is 0.0887. The number of alkyl halides is 1. The van der Waals surface area contributed by atoms with Crippen molar-refractivity contribution in [3.8, 4) is 0 Å². The third-order valence-electron chi connectivity index (χ3n) is 4.57. The van der Waals surface area contributed by atoms with E-state index in [0.29, 0.717) is 10.8 Å². The summed E-state index contributed by atoms with van der Waals surface area (Å²) in [6.45, 7) is 1.48. The molecule has 0 radical (unpaired) electrons. The number of amides is 2. The molecule has 0 aromatic carbocycles. The van der Waals surface area contributed by atoms with Gasteiger partial charge < -0.3 is 14.7 Å². The molecule has 0 aliphatic carbocycles. The summed E-state index contributed by atoms with van der Waals surface area (Å²) in [4.78, 5) is 39.9. The number of carbonyl (C=O) groups excluding carboxylic acids is 2. The van der Waals surface area contributed by atoms with Gasteiger partial charge in [0.05, 0.1) is 0 Å². The van der Waals surface area contributed by atoms with E-state index in [0.717, 1.165) is 0 Å². The molecule has 2 fully saturated rings. The number of fused-ring (bicyclic) bond motifs is 1. The molecule has 3 rings (SSSR count). The van der Waals surface area contributed by atoms with Gasteiger partial charge in [0.15, 0.2) is 0 Å². The number of methoxy groups -OCH3 is 1. The number of anilines is 1. The first-order valence-corrected chi connectivity index (χ1v) is 10.5. The Labute approximate surface area is 161 Å². The van der Waals surface area contributed by atoms with Crippen LogP contribution in [0.15, 0.2) is 17.5 Å². The maximum Gasteiger partial charge on any atom is 0.313 e. The molecule has 0 bridgehead atoms. The molecule has 2 unspecified atom stereocenters. The lowest BCUT2D eigenvalue weighted by atomic mass is 9.88. The number of thioether (sulfide) groups is 1. The van der Waals surface area contributed by atoms with Gasteiger partial charge in [0.25, 0.3) is 11.6 Å². The molecule has 25 heavy (non-hydrogen) atoms. The molecule has 0 spiro atoms. The average Bonchev–Trinajstić information content (AvgIpc) is 3.11. The molecule has 136 valence electrons. The molecule has 1 aromatic heterocycles. The molecule has 7 nitrogen and oxygen atoms in total. The summed E-state index contributed by atoms with van der Waals surface area (Å²) in [7, 11) is 1.41. The van der Waals surface area contributed by atoms with Gasteiger partial charge in [0, 0.05) is 31.7 Å². The van der Waals surface area contributed by atoms with E-state index in [4.69, 9.17) is 4.74 Å². The first-order chi connectivity index (χ1) is 11.8. The average molecular weight is 449 g/mol. The van der Waals surface area contributed by atoms with Gasteiger partial charge in [0.2, 0.25) is 5.91 Å². The summed E-state index contributed by atoms with van der Waals surface area (Å²) in [5, 5.41) is 11.8. The predicted molar refractivity (Wildman–Crippen MR) is 99.0 cm³/mol. The van der Waals surface area contributed by atoms with E-state index < -0.39 is 22.5 Å². The van der Waals surface area contributed by atoms with Gasteiger partial charge in [-0.25, -0.2) is 0 Å². The normalized spacial score (nSPS) is 31.2. The third-order valence-corrected chi connectivity index (χ3v) is 8.11. The number of rotatable bonds is 5. The fourth-order valence-corrected chi connectivity index (χ4v) is 6.61. The van der Waals surface area contributed by atoms with Crippen molar-refractivity contribution in [3.63, 3.8) is 0 Å². The van der Waals surface area contributed by atoms with Crippen LogP contribution in [0, 0.1) is 5.41 Å². The highest BCUT2D eigenvalue weighted by molar-refractivity contribution is 9.09. The molecule has 0 saturated carbocycles. The van der Waals surface area contributed by atoms with Gasteiger partial charge in [0.1, 0.15) is 15.8 Å². The molecular weight excluding hydrogens is 432 g/mol. The topological polar surface area (TPSA) is 87.2 Å². The van der Waals surface area contributed by atoms with E-state index in [1.54, 1.807) is 12.1 Å². The SMILES string of the molecule is COC1(N(C(C)=O)c2cccs2)C(=O)N2CC(CBr)(C(=O)O)CS[C@@H]21. The van der Waals surface area contributed by atoms with E-state index in [1.807, 2.05) is 5.38 Å². The van der Waals surface area contributed by atoms with Crippen molar-refractivity contribution < 1.29 is 24.2 Å². The molecule has 2 aliphatic heterocycles. The van der Waals surface area contributed by atoms with E-state index in [9.17, 15) is 19.5 Å². The summed E-state index contributed by atoms with van der Waals surface area (Å²) in [5.41, 5.74) is -2.47. The van der Waals surface area contributed by atoms with Crippen LogP contribution in [0.4, 0.5) is 5.00 Å². The van der Waals surface area contributed by atoms with Crippen LogP contribution < -0.4 is 4.90 Å². The highest BCUT2D eigenvalue weighted by atomic mass is 79.9. The number of halogens is 1. The van der Waals surface area contributed by atoms with Crippen LogP contribution in [-0.4, -0.2) is 63.6 Å². The van der Waals surface area contributed by atoms with Gasteiger partial charge in [-0.2, -0.15) is 0 Å². The molecule has 2 amide bonds. The molecule has 1 N–H and O–H groups in total. The summed E-state index contributed by atoms with van der Waals surface area (Å²) < 4.78 is 5.61. The maximum absolute atomic E-state index is 13.0. The van der Waals surface area contributed by atoms with Crippen LogP contribution in [0.1, 0.15) is 6.92 Å². The number of carboxylic acid groups (broad SMARTS) is 1. The fourth-order valence-electron chi connectivity index (χ4n) is 3.23. The molecule has 1 aromatic rings. The van der Waals surface area contributed by atoms with Gasteiger partial charge in [-0.15, -0.1) is 23.1 Å². The third kappa shape index (κ3) is 2.53. The lowest BCUT2D eigenvalue weighted by Crippen LogP contribution is -2.83. The maximum atomic E-state index is 13.0. The Hall–Kier alpha value is -1.10. The second-order valence-electron chi connectivity index (χ2n) is 6.02. The standard InChI is InChI=1S/C15H17BrN2O5S2/c1-9(19)18(10-4-3-5-24-10)15(23-2)11(20)17-7-14(6-16,13(21)22)8-25-12(15)17/h3-5,12H,6-8H2,1-2H3,(H,21,22)/t12-,14?,15?/m1/s1. The van der Waals surface area contributed by atoms with Gasteiger partial charge in [-0.05, 0) is 17.5 Å². The van der Waals surface area contributed by atoms with E-state index >= 15 is 0 Å². The van der Waals surface area contributed by atoms with Crippen LogP contribution in [0.2, 0.25) is 0 Å². The number of hydrogen-bond donors (Lipinski definition) is 1. The lowest BCUT2D eigenvalue weighted by Gasteiger charge is -2.61. The summed E-state index contributed by atoms with van der Waals surface area (Å²) in [6.07, 6.45) is 0. The molecule has 2 saturated heterocycles. The quantitative estimate of drug-likeness (QED) is 0.419. The number of β-lactam (4-membered cyclic amide) rings is 1. The summed E-state index contributed by atoms with van der Waals surface area (Å²) >= 11 is 5.94. The van der Waals surface area contributed by atoms with Gasteiger partial charge in [-0.1, -0.05) is 15.9 Å². The zero-order valence-electron chi connectivity index (χ0n) is 13.6. The van der Waals surface area contributed by atoms with Crippen molar-refractivity contribution in [1.82, 2.24) is 4.90 Å². The molecule has 3 atom stereocenters. The van der Waals surface area contributed by atoms with Gasteiger partial charge in [-0.3, -0.25) is 19.3 Å². The van der Waals surface area contributed by atoms with Crippen molar-refractivity contribution >= 4 is 61.8 Å². The second kappa shape index (κ2) is 6.57. The van der Waals surface area contributed by atoms with E-state index in [1.165, 1.54) is 46.9 Å². The molecule has 3 heterocycles. The molecule has 10 heteroatoms. The zero-order valence-corrected chi connectivity index (χ0v) is 16.8. The van der Waals surface area contributed by atoms with Crippen molar-refractivity contribution in [2.75, 3.05) is 29.6 Å². The molecular formula is C15H17BrN2O5S2. The Kier molecular flexibility index (Phi) is 4.91. The van der Waals surface area contributed by atoms with Crippen LogP contribution in [0.3, 0.4) is 0 Å². The summed E-state index contributed by atoms with van der Waals surface area (Å²) in [5.74, 6) is -1.31. The smallest absolute Gasteiger partial charge is 0.313 e. The Morgan fingerprint density at radius 1 is 1.56 bits per heavy atom. The number of ether oxygens (including phenoxy) is 1. The van der Waals surface area contributed by atoms with Crippen LogP contribution in [-0.2, 0) is 19.1 Å². The fraction of sp³-hybridized carbons (Fsp3) is 0.533. The monoisotopic (exact) mass is 448 g/mol. The minimum Gasteiger partial charge on any atom is -0.481 e. The number of nitrogens with zero attached hydrogens (tertiary/aromatic N) is 2. The first-order valence-electron chi connectivity index (χ1n) is 7.45. The van der Waals surface area contributed by atoms with Crippen molar-refractivity contribution in [3.05, 3.63) is 17.5 Å². The Balaban J connectivity index is 1.97. The van der Waals surface area contributed by atoms with E-state index in [2.05, 4.69) is 15.9 Å². The Bertz CT molecular complexity index is 715. The van der Waals surface area contributed by atoms with Crippen LogP contribution in [0.25, 0.3) is 0 Å². The van der Waals surface area contributed by atoms with Gasteiger partial charge >= 0.3 is 5.97 Å². The number of carbonyl (C=O) groups is 3. The summed E-state index contributed by atoms with van der Waals surface area (Å²) in [6, 6.07) is 3.56. The second-order valence-corrected chi connectivity index (χ2v) is 8.58. The largest absolute Gasteiger partial charge is 0.481 e. The number of thiophene rings is 1. The van der Waals surface area contributed by atoms with Crippen molar-refractivity contribution in [1.29, 1.82) is 0 Å². The first kappa shape index (κ1) is 18.7. The number of hydrogen-bond acceptors (Lipinski definition) is 6. The number of carboxylic acids is 1. The van der Waals surface area contributed by atoms with Crippen LogP contribution >= 0.6 is 39.0 Å². The van der Waals surface area contributed by atoms with Crippen molar-refractivity contribution in [2.24, 2.45) is 5.41 Å². The predicted octanol–water partition coefficient (Wildman–Crippen LogP) is 1.82.